The van der Waals surface area contributed by atoms with E-state index in [4.69, 9.17) is 4.52 Å². The number of likely N-dealkylation sites (N-methyl/N-ethyl adjacent to an activating group) is 1. The summed E-state index contributed by atoms with van der Waals surface area (Å²) in [5.74, 6) is 0.396. The van der Waals surface area contributed by atoms with Gasteiger partial charge in [-0.3, -0.25) is 14.7 Å². The quantitative estimate of drug-likeness (QED) is 0.742. The summed E-state index contributed by atoms with van der Waals surface area (Å²) in [6.45, 7) is 3.09. The summed E-state index contributed by atoms with van der Waals surface area (Å²) in [4.78, 5) is 30.7. The van der Waals surface area contributed by atoms with Crippen LogP contribution in [0.3, 0.4) is 0 Å². The summed E-state index contributed by atoms with van der Waals surface area (Å²) < 4.78 is 6.68. The van der Waals surface area contributed by atoms with Crippen LogP contribution in [0.5, 0.6) is 0 Å². The Morgan fingerprint density at radius 1 is 1.19 bits per heavy atom. The van der Waals surface area contributed by atoms with E-state index in [2.05, 4.69) is 33.1 Å². The van der Waals surface area contributed by atoms with Crippen molar-refractivity contribution >= 4 is 11.0 Å². The molecular formula is C19H21N5O3. The van der Waals surface area contributed by atoms with Crippen LogP contribution in [-0.2, 0) is 6.54 Å². The van der Waals surface area contributed by atoms with Crippen LogP contribution in [0, 0.1) is 0 Å². The van der Waals surface area contributed by atoms with Crippen molar-refractivity contribution in [3.8, 4) is 5.82 Å². The molecule has 3 saturated heterocycles. The van der Waals surface area contributed by atoms with Crippen molar-refractivity contribution in [1.29, 1.82) is 0 Å². The van der Waals surface area contributed by atoms with Crippen LogP contribution in [-0.4, -0.2) is 56.7 Å². The molecule has 2 bridgehead atoms. The van der Waals surface area contributed by atoms with Gasteiger partial charge in [-0.2, -0.15) is 0 Å². The minimum atomic E-state index is -0.528. The molecule has 0 saturated carbocycles. The molecule has 2 aromatic heterocycles. The van der Waals surface area contributed by atoms with E-state index in [1.54, 1.807) is 0 Å². The number of hydrogen-bond acceptors (Lipinski definition) is 6. The van der Waals surface area contributed by atoms with Gasteiger partial charge in [-0.1, -0.05) is 11.2 Å². The number of fused-ring (bicyclic) bond motifs is 4. The number of aromatic amines is 1. The molecule has 5 heterocycles. The molecular weight excluding hydrogens is 346 g/mol. The summed E-state index contributed by atoms with van der Waals surface area (Å²) in [5, 5.41) is 4.80. The number of H-pyrrole nitrogens is 1. The SMILES string of the molecule is CN1CC2CCC1CN2Cc1ccc2onc(-n3ccc(=O)[nH]c3=O)c2c1. The number of rotatable bonds is 3. The number of benzene rings is 1. The molecule has 8 heteroatoms. The summed E-state index contributed by atoms with van der Waals surface area (Å²) in [6, 6.07) is 8.52. The van der Waals surface area contributed by atoms with Crippen molar-refractivity contribution in [3.63, 3.8) is 0 Å². The second-order valence-electron chi connectivity index (χ2n) is 7.57. The Hall–Kier alpha value is -2.71. The molecule has 6 rings (SSSR count). The standard InChI is InChI=1S/C19H21N5O3/c1-22-10-14-4-3-13(22)11-23(14)9-12-2-5-16-15(8-12)18(21-27-16)24-7-6-17(25)20-19(24)26/h2,5-8,13-14H,3-4,9-11H2,1H3,(H,20,25,26). The Labute approximate surface area is 155 Å². The average Bonchev–Trinajstić information content (AvgIpc) is 3.06. The van der Waals surface area contributed by atoms with Crippen LogP contribution < -0.4 is 11.2 Å². The van der Waals surface area contributed by atoms with Gasteiger partial charge >= 0.3 is 5.69 Å². The molecule has 3 fully saturated rings. The number of piperidine rings is 2. The third-order valence-electron chi connectivity index (χ3n) is 5.87. The normalized spacial score (nSPS) is 23.3. The van der Waals surface area contributed by atoms with Gasteiger partial charge in [-0.05, 0) is 37.6 Å². The number of nitrogens with zero attached hydrogens (tertiary/aromatic N) is 4. The van der Waals surface area contributed by atoms with Crippen molar-refractivity contribution < 1.29 is 4.52 Å². The van der Waals surface area contributed by atoms with Gasteiger partial charge in [-0.15, -0.1) is 0 Å². The maximum Gasteiger partial charge on any atom is 0.334 e. The molecule has 3 aromatic rings. The predicted molar refractivity (Wildman–Crippen MR) is 100 cm³/mol. The highest BCUT2D eigenvalue weighted by Crippen LogP contribution is 2.30. The second kappa shape index (κ2) is 6.17. The van der Waals surface area contributed by atoms with E-state index < -0.39 is 11.2 Å². The number of nitrogens with one attached hydrogen (secondary N) is 1. The fourth-order valence-corrected chi connectivity index (χ4v) is 4.38. The lowest BCUT2D eigenvalue weighted by molar-refractivity contribution is -0.0110. The highest BCUT2D eigenvalue weighted by Gasteiger charge is 2.36. The third kappa shape index (κ3) is 2.81. The number of aromatic nitrogens is 3. The van der Waals surface area contributed by atoms with E-state index in [-0.39, 0.29) is 0 Å². The Morgan fingerprint density at radius 3 is 2.78 bits per heavy atom. The first kappa shape index (κ1) is 16.5. The zero-order valence-electron chi connectivity index (χ0n) is 15.1. The molecule has 2 unspecified atom stereocenters. The third-order valence-corrected chi connectivity index (χ3v) is 5.87. The molecule has 140 valence electrons. The number of piperazine rings is 1. The summed E-state index contributed by atoms with van der Waals surface area (Å²) in [6.07, 6.45) is 3.95. The Bertz CT molecular complexity index is 1110. The molecule has 3 aliphatic heterocycles. The molecule has 0 radical (unpaired) electrons. The van der Waals surface area contributed by atoms with Gasteiger partial charge < -0.3 is 9.42 Å². The van der Waals surface area contributed by atoms with Crippen molar-refractivity contribution in [2.24, 2.45) is 0 Å². The van der Waals surface area contributed by atoms with E-state index in [9.17, 15) is 9.59 Å². The fourth-order valence-electron chi connectivity index (χ4n) is 4.38. The minimum absolute atomic E-state index is 0.396. The summed E-state index contributed by atoms with van der Waals surface area (Å²) in [7, 11) is 2.21. The molecule has 27 heavy (non-hydrogen) atoms. The minimum Gasteiger partial charge on any atom is -0.354 e. The van der Waals surface area contributed by atoms with Gasteiger partial charge in [0.1, 0.15) is 0 Å². The largest absolute Gasteiger partial charge is 0.354 e. The first-order valence-corrected chi connectivity index (χ1v) is 9.23. The van der Waals surface area contributed by atoms with Crippen molar-refractivity contribution in [2.45, 2.75) is 31.5 Å². The lowest BCUT2D eigenvalue weighted by Gasteiger charge is -2.50. The Balaban J connectivity index is 1.49. The maximum absolute atomic E-state index is 12.1. The van der Waals surface area contributed by atoms with Gasteiger partial charge in [0, 0.05) is 44.0 Å². The molecule has 2 atom stereocenters. The topological polar surface area (TPSA) is 87.4 Å². The molecule has 0 aliphatic carbocycles. The fraction of sp³-hybridized carbons (Fsp3) is 0.421. The Morgan fingerprint density at radius 2 is 2.04 bits per heavy atom. The Kier molecular flexibility index (Phi) is 3.76. The maximum atomic E-state index is 12.1. The lowest BCUT2D eigenvalue weighted by atomic mass is 9.91. The van der Waals surface area contributed by atoms with E-state index in [1.165, 1.54) is 35.2 Å². The van der Waals surface area contributed by atoms with Crippen molar-refractivity contribution in [2.75, 3.05) is 20.1 Å². The zero-order valence-corrected chi connectivity index (χ0v) is 15.1. The predicted octanol–water partition coefficient (Wildman–Crippen LogP) is 0.945. The van der Waals surface area contributed by atoms with E-state index in [0.717, 1.165) is 25.0 Å². The first-order chi connectivity index (χ1) is 13.1. The van der Waals surface area contributed by atoms with Crippen LogP contribution in [0.15, 0.2) is 44.6 Å². The molecule has 0 spiro atoms. The van der Waals surface area contributed by atoms with Gasteiger partial charge in [0.15, 0.2) is 11.4 Å². The highest BCUT2D eigenvalue weighted by atomic mass is 16.5. The highest BCUT2D eigenvalue weighted by molar-refractivity contribution is 5.84. The van der Waals surface area contributed by atoms with Gasteiger partial charge in [-0.25, -0.2) is 9.36 Å². The van der Waals surface area contributed by atoms with Crippen LogP contribution in [0.25, 0.3) is 16.8 Å². The molecule has 8 nitrogen and oxygen atoms in total. The lowest BCUT2D eigenvalue weighted by Crippen LogP contribution is -2.60. The smallest absolute Gasteiger partial charge is 0.334 e. The van der Waals surface area contributed by atoms with E-state index >= 15 is 0 Å². The zero-order chi connectivity index (χ0) is 18.5. The second-order valence-corrected chi connectivity index (χ2v) is 7.57. The molecule has 0 amide bonds. The monoisotopic (exact) mass is 367 g/mol. The van der Waals surface area contributed by atoms with E-state index in [1.807, 2.05) is 12.1 Å². The van der Waals surface area contributed by atoms with E-state index in [0.29, 0.717) is 23.5 Å². The van der Waals surface area contributed by atoms with Gasteiger partial charge in [0.05, 0.1) is 5.39 Å². The number of hydrogen-bond donors (Lipinski definition) is 1. The first-order valence-electron chi connectivity index (χ1n) is 9.23. The summed E-state index contributed by atoms with van der Waals surface area (Å²) >= 11 is 0. The molecule has 1 aromatic carbocycles. The molecule has 3 aliphatic rings. The average molecular weight is 367 g/mol. The van der Waals surface area contributed by atoms with Gasteiger partial charge in [0.2, 0.25) is 0 Å². The van der Waals surface area contributed by atoms with Crippen LogP contribution in [0.4, 0.5) is 0 Å². The van der Waals surface area contributed by atoms with Crippen LogP contribution in [0.2, 0.25) is 0 Å². The van der Waals surface area contributed by atoms with Crippen LogP contribution >= 0.6 is 0 Å². The van der Waals surface area contributed by atoms with Crippen molar-refractivity contribution in [3.05, 3.63) is 56.9 Å². The van der Waals surface area contributed by atoms with Gasteiger partial charge in [0.25, 0.3) is 5.56 Å². The summed E-state index contributed by atoms with van der Waals surface area (Å²) in [5.41, 5.74) is 0.820. The molecule has 1 N–H and O–H groups in total. The van der Waals surface area contributed by atoms with Crippen molar-refractivity contribution in [1.82, 2.24) is 24.5 Å². The van der Waals surface area contributed by atoms with Crippen LogP contribution in [0.1, 0.15) is 18.4 Å².